The van der Waals surface area contributed by atoms with Gasteiger partial charge < -0.3 is 4.42 Å². The van der Waals surface area contributed by atoms with Gasteiger partial charge in [-0.2, -0.15) is 5.10 Å². The van der Waals surface area contributed by atoms with Crippen LogP contribution in [0.4, 0.5) is 0 Å². The van der Waals surface area contributed by atoms with Crippen LogP contribution in [0.3, 0.4) is 0 Å². The topological polar surface area (TPSA) is 64.2 Å². The number of aryl methyl sites for hydroxylation is 1. The molecule has 1 aliphatic heterocycles. The summed E-state index contributed by atoms with van der Waals surface area (Å²) in [6.45, 7) is 4.28. The summed E-state index contributed by atoms with van der Waals surface area (Å²) in [5, 5.41) is 6.43. The molecule has 0 amide bonds. The molecule has 0 saturated carbocycles. The molecule has 3 heterocycles. The molecule has 0 N–H and O–H groups in total. The Morgan fingerprint density at radius 2 is 1.62 bits per heavy atom. The SMILES string of the molecule is Cc1ccc(-c2nn(CN3CCC(c4nc5ccccc5o4)CC3)c(=O)c3ccccc23)cc1. The van der Waals surface area contributed by atoms with Crippen molar-refractivity contribution in [3.05, 3.63) is 94.6 Å². The Labute approximate surface area is 197 Å². The molecule has 0 aliphatic carbocycles. The minimum Gasteiger partial charge on any atom is -0.440 e. The van der Waals surface area contributed by atoms with Crippen LogP contribution in [0.5, 0.6) is 0 Å². The molecule has 1 fully saturated rings. The Kier molecular flexibility index (Phi) is 5.23. The molecule has 6 rings (SSSR count). The first-order chi connectivity index (χ1) is 16.7. The first-order valence-electron chi connectivity index (χ1n) is 11.8. The van der Waals surface area contributed by atoms with Crippen LogP contribution in [0, 0.1) is 6.92 Å². The monoisotopic (exact) mass is 450 g/mol. The molecule has 3 aromatic carbocycles. The summed E-state index contributed by atoms with van der Waals surface area (Å²) in [5.41, 5.74) is 4.77. The third kappa shape index (κ3) is 3.80. The van der Waals surface area contributed by atoms with Crippen molar-refractivity contribution in [1.29, 1.82) is 0 Å². The molecule has 34 heavy (non-hydrogen) atoms. The lowest BCUT2D eigenvalue weighted by atomic mass is 9.97. The van der Waals surface area contributed by atoms with Crippen molar-refractivity contribution in [2.45, 2.75) is 32.4 Å². The van der Waals surface area contributed by atoms with Gasteiger partial charge in [-0.3, -0.25) is 9.69 Å². The van der Waals surface area contributed by atoms with Crippen LogP contribution >= 0.6 is 0 Å². The van der Waals surface area contributed by atoms with Crippen LogP contribution in [0.1, 0.15) is 30.2 Å². The van der Waals surface area contributed by atoms with E-state index in [1.165, 1.54) is 5.56 Å². The third-order valence-electron chi connectivity index (χ3n) is 6.77. The Balaban J connectivity index is 1.26. The molecule has 0 bridgehead atoms. The predicted molar refractivity (Wildman–Crippen MR) is 134 cm³/mol. The summed E-state index contributed by atoms with van der Waals surface area (Å²) in [5.74, 6) is 1.12. The molecule has 1 aliphatic rings. The van der Waals surface area contributed by atoms with Gasteiger partial charge in [-0.25, -0.2) is 9.67 Å². The van der Waals surface area contributed by atoms with Gasteiger partial charge in [-0.1, -0.05) is 60.2 Å². The fourth-order valence-corrected chi connectivity index (χ4v) is 4.83. The third-order valence-corrected chi connectivity index (χ3v) is 6.77. The van der Waals surface area contributed by atoms with Crippen LogP contribution in [0.2, 0.25) is 0 Å². The maximum atomic E-state index is 13.3. The average molecular weight is 451 g/mol. The number of piperidine rings is 1. The summed E-state index contributed by atoms with van der Waals surface area (Å²) >= 11 is 0. The van der Waals surface area contributed by atoms with Crippen molar-refractivity contribution >= 4 is 21.9 Å². The van der Waals surface area contributed by atoms with Gasteiger partial charge >= 0.3 is 0 Å². The largest absolute Gasteiger partial charge is 0.440 e. The smallest absolute Gasteiger partial charge is 0.275 e. The fraction of sp³-hybridized carbons (Fsp3) is 0.250. The Morgan fingerprint density at radius 3 is 2.38 bits per heavy atom. The van der Waals surface area contributed by atoms with Crippen molar-refractivity contribution in [2.24, 2.45) is 0 Å². The molecular weight excluding hydrogens is 424 g/mol. The highest BCUT2D eigenvalue weighted by atomic mass is 16.3. The van der Waals surface area contributed by atoms with E-state index in [9.17, 15) is 4.79 Å². The zero-order valence-electron chi connectivity index (χ0n) is 19.1. The molecule has 5 aromatic rings. The van der Waals surface area contributed by atoms with Gasteiger partial charge in [-0.05, 0) is 38.0 Å². The standard InChI is InChI=1S/C28H26N4O2/c1-19-10-12-20(13-11-19)26-22-6-2-3-7-23(22)28(33)32(30-26)18-31-16-14-21(15-17-31)27-29-24-8-4-5-9-25(24)34-27/h2-13,21H,14-18H2,1H3. The van der Waals surface area contributed by atoms with Crippen LogP contribution in [0.15, 0.2) is 82.0 Å². The van der Waals surface area contributed by atoms with Crippen molar-refractivity contribution in [1.82, 2.24) is 19.7 Å². The van der Waals surface area contributed by atoms with Crippen LogP contribution in [-0.2, 0) is 6.67 Å². The normalized spacial score (nSPS) is 15.3. The summed E-state index contributed by atoms with van der Waals surface area (Å²) in [6.07, 6.45) is 1.89. The van der Waals surface area contributed by atoms with Gasteiger partial charge in [0.15, 0.2) is 11.5 Å². The molecule has 170 valence electrons. The lowest BCUT2D eigenvalue weighted by Crippen LogP contribution is -2.38. The average Bonchev–Trinajstić information content (AvgIpc) is 3.31. The molecule has 0 unspecified atom stereocenters. The molecule has 1 saturated heterocycles. The van der Waals surface area contributed by atoms with E-state index in [2.05, 4.69) is 36.1 Å². The van der Waals surface area contributed by atoms with Crippen molar-refractivity contribution in [2.75, 3.05) is 13.1 Å². The lowest BCUT2D eigenvalue weighted by molar-refractivity contribution is 0.152. The molecule has 6 nitrogen and oxygen atoms in total. The van der Waals surface area contributed by atoms with Gasteiger partial charge in [0.05, 0.1) is 17.7 Å². The second-order valence-electron chi connectivity index (χ2n) is 9.12. The fourth-order valence-electron chi connectivity index (χ4n) is 4.83. The van der Waals surface area contributed by atoms with E-state index in [4.69, 9.17) is 14.5 Å². The van der Waals surface area contributed by atoms with Crippen LogP contribution < -0.4 is 5.56 Å². The second-order valence-corrected chi connectivity index (χ2v) is 9.12. The van der Waals surface area contributed by atoms with Gasteiger partial charge in [0.1, 0.15) is 5.52 Å². The van der Waals surface area contributed by atoms with E-state index in [0.717, 1.165) is 59.6 Å². The first-order valence-corrected chi connectivity index (χ1v) is 11.8. The Morgan fingerprint density at radius 1 is 0.912 bits per heavy atom. The highest BCUT2D eigenvalue weighted by Crippen LogP contribution is 2.30. The number of fused-ring (bicyclic) bond motifs is 2. The number of para-hydroxylation sites is 2. The second kappa shape index (κ2) is 8.54. The van der Waals surface area contributed by atoms with Crippen molar-refractivity contribution in [3.8, 4) is 11.3 Å². The highest BCUT2D eigenvalue weighted by molar-refractivity contribution is 5.93. The number of nitrogens with zero attached hydrogens (tertiary/aromatic N) is 4. The Hall–Kier alpha value is -3.77. The minimum absolute atomic E-state index is 0.0486. The number of rotatable bonds is 4. The van der Waals surface area contributed by atoms with Gasteiger partial charge in [0.2, 0.25) is 0 Å². The van der Waals surface area contributed by atoms with E-state index in [1.54, 1.807) is 4.68 Å². The zero-order chi connectivity index (χ0) is 23.1. The first kappa shape index (κ1) is 20.8. The minimum atomic E-state index is -0.0486. The molecule has 0 radical (unpaired) electrons. The maximum absolute atomic E-state index is 13.3. The predicted octanol–water partition coefficient (Wildman–Crippen LogP) is 5.35. The molecule has 0 atom stereocenters. The highest BCUT2D eigenvalue weighted by Gasteiger charge is 2.25. The number of likely N-dealkylation sites (tertiary alicyclic amines) is 1. The maximum Gasteiger partial charge on any atom is 0.275 e. The van der Waals surface area contributed by atoms with Crippen LogP contribution in [0.25, 0.3) is 33.1 Å². The molecule has 6 heteroatoms. The number of oxazole rings is 1. The summed E-state index contributed by atoms with van der Waals surface area (Å²) in [6, 6.07) is 24.0. The van der Waals surface area contributed by atoms with Crippen molar-refractivity contribution in [3.63, 3.8) is 0 Å². The molecule has 0 spiro atoms. The van der Waals surface area contributed by atoms with Gasteiger partial charge in [0, 0.05) is 30.0 Å². The van der Waals surface area contributed by atoms with E-state index in [1.807, 2.05) is 48.5 Å². The summed E-state index contributed by atoms with van der Waals surface area (Å²) < 4.78 is 7.63. The lowest BCUT2D eigenvalue weighted by Gasteiger charge is -2.30. The van der Waals surface area contributed by atoms with E-state index < -0.39 is 0 Å². The van der Waals surface area contributed by atoms with Crippen molar-refractivity contribution < 1.29 is 4.42 Å². The summed E-state index contributed by atoms with van der Waals surface area (Å²) in [7, 11) is 0. The number of hydrogen-bond acceptors (Lipinski definition) is 5. The van der Waals surface area contributed by atoms with Gasteiger partial charge in [0.25, 0.3) is 5.56 Å². The number of hydrogen-bond donors (Lipinski definition) is 0. The van der Waals surface area contributed by atoms with Crippen LogP contribution in [-0.4, -0.2) is 32.8 Å². The number of benzene rings is 3. The Bertz CT molecular complexity index is 1490. The number of aromatic nitrogens is 3. The molecular formula is C28H26N4O2. The van der Waals surface area contributed by atoms with E-state index in [-0.39, 0.29) is 5.56 Å². The quantitative estimate of drug-likeness (QED) is 0.369. The van der Waals surface area contributed by atoms with E-state index in [0.29, 0.717) is 18.0 Å². The van der Waals surface area contributed by atoms with E-state index >= 15 is 0 Å². The van der Waals surface area contributed by atoms with Gasteiger partial charge in [-0.15, -0.1) is 0 Å². The summed E-state index contributed by atoms with van der Waals surface area (Å²) in [4.78, 5) is 20.3. The molecule has 2 aromatic heterocycles. The zero-order valence-corrected chi connectivity index (χ0v) is 19.1.